The number of nitrogens with zero attached hydrogens (tertiary/aromatic N) is 1. The molecule has 2 atom stereocenters. The van der Waals surface area contributed by atoms with Crippen molar-refractivity contribution in [3.63, 3.8) is 0 Å². The van der Waals surface area contributed by atoms with Crippen LogP contribution in [-0.2, 0) is 4.79 Å². The molecule has 1 N–H and O–H groups in total. The van der Waals surface area contributed by atoms with Crippen LogP contribution in [0, 0.1) is 11.3 Å². The molecular formula is C12H17N2NaO3. The second-order valence-electron chi connectivity index (χ2n) is 4.33. The maximum atomic E-state index is 12.0. The average Bonchev–Trinajstić information content (AvgIpc) is 2.23. The van der Waals surface area contributed by atoms with Gasteiger partial charge in [0.05, 0.1) is 5.41 Å². The Hall–Kier alpha value is -0.650. The van der Waals surface area contributed by atoms with E-state index in [0.29, 0.717) is 0 Å². The summed E-state index contributed by atoms with van der Waals surface area (Å²) in [6.07, 6.45) is 3.30. The second kappa shape index (κ2) is 7.07. The second-order valence-corrected chi connectivity index (χ2v) is 4.33. The molecule has 0 radical (unpaired) electrons. The van der Waals surface area contributed by atoms with Gasteiger partial charge in [-0.2, -0.15) is 0 Å². The van der Waals surface area contributed by atoms with Crippen LogP contribution in [-0.4, -0.2) is 17.8 Å². The minimum absolute atomic E-state index is 0. The van der Waals surface area contributed by atoms with Gasteiger partial charge in [0.2, 0.25) is 5.91 Å². The molecule has 18 heavy (non-hydrogen) atoms. The molecular weight excluding hydrogens is 243 g/mol. The first-order valence-corrected chi connectivity index (χ1v) is 5.71. The maximum Gasteiger partial charge on any atom is 1.00 e. The Morgan fingerprint density at radius 3 is 2.61 bits per heavy atom. The van der Waals surface area contributed by atoms with E-state index in [1.54, 1.807) is 0 Å². The van der Waals surface area contributed by atoms with E-state index in [4.69, 9.17) is 0 Å². The summed E-state index contributed by atoms with van der Waals surface area (Å²) in [4.78, 5) is 26.3. The molecule has 6 heteroatoms. The zero-order valence-corrected chi connectivity index (χ0v) is 13.2. The van der Waals surface area contributed by atoms with Gasteiger partial charge in [0.25, 0.3) is 0 Å². The molecule has 0 saturated carbocycles. The molecule has 5 nitrogen and oxygen atoms in total. The number of urea groups is 1. The van der Waals surface area contributed by atoms with E-state index in [0.717, 1.165) is 12.8 Å². The topological polar surface area (TPSA) is 81.6 Å². The van der Waals surface area contributed by atoms with Crippen LogP contribution in [0.15, 0.2) is 17.6 Å². The Kier molecular flexibility index (Phi) is 6.81. The van der Waals surface area contributed by atoms with Gasteiger partial charge in [0, 0.05) is 0 Å². The number of imide groups is 1. The van der Waals surface area contributed by atoms with Crippen LogP contribution in [0.4, 0.5) is 4.79 Å². The summed E-state index contributed by atoms with van der Waals surface area (Å²) in [5, 5.41) is 14.1. The molecule has 3 amide bonds. The molecule has 0 saturated heterocycles. The van der Waals surface area contributed by atoms with E-state index in [9.17, 15) is 14.7 Å². The monoisotopic (exact) mass is 260 g/mol. The zero-order valence-electron chi connectivity index (χ0n) is 11.2. The molecule has 0 aromatic heterocycles. The normalized spacial score (nSPS) is 24.7. The summed E-state index contributed by atoms with van der Waals surface area (Å²) in [5.74, 6) is -1.37. The van der Waals surface area contributed by atoms with Crippen molar-refractivity contribution in [1.82, 2.24) is 5.32 Å². The van der Waals surface area contributed by atoms with Gasteiger partial charge >= 0.3 is 35.6 Å². The van der Waals surface area contributed by atoms with Crippen LogP contribution in [0.25, 0.3) is 0 Å². The first kappa shape index (κ1) is 17.4. The summed E-state index contributed by atoms with van der Waals surface area (Å²) in [6.45, 7) is 7.38. The smallest absolute Gasteiger partial charge is 0.861 e. The summed E-state index contributed by atoms with van der Waals surface area (Å²) in [6, 6.07) is -0.872. The van der Waals surface area contributed by atoms with Gasteiger partial charge in [-0.1, -0.05) is 26.3 Å². The number of hydrogen-bond acceptors (Lipinski definition) is 3. The summed E-state index contributed by atoms with van der Waals surface area (Å²) in [5.41, 5.74) is -1.26. The fourth-order valence-electron chi connectivity index (χ4n) is 2.25. The largest absolute Gasteiger partial charge is 1.00 e. The first-order valence-electron chi connectivity index (χ1n) is 5.71. The Balaban J connectivity index is 0.00000289. The molecule has 0 fully saturated rings. The van der Waals surface area contributed by atoms with Crippen molar-refractivity contribution in [2.24, 2.45) is 16.3 Å². The Morgan fingerprint density at radius 2 is 2.17 bits per heavy atom. The van der Waals surface area contributed by atoms with Crippen LogP contribution >= 0.6 is 0 Å². The number of carbonyl (C=O) groups excluding carboxylic acids is 2. The number of aliphatic imine (C=N–C) groups is 1. The molecule has 0 aromatic carbocycles. The van der Waals surface area contributed by atoms with Crippen molar-refractivity contribution in [2.75, 3.05) is 0 Å². The summed E-state index contributed by atoms with van der Waals surface area (Å²) >= 11 is 0. The van der Waals surface area contributed by atoms with E-state index in [1.807, 2.05) is 13.8 Å². The van der Waals surface area contributed by atoms with Gasteiger partial charge in [-0.05, 0) is 24.7 Å². The number of carbonyl (C=O) groups is 2. The predicted molar refractivity (Wildman–Crippen MR) is 62.3 cm³/mol. The Labute approximate surface area is 129 Å². The molecule has 0 spiro atoms. The van der Waals surface area contributed by atoms with Crippen LogP contribution < -0.4 is 40.0 Å². The SMILES string of the molecule is C=CCC1(C(C)CCC)C(=O)NC(=O)N=C1[O-].[Na+]. The van der Waals surface area contributed by atoms with Gasteiger partial charge in [0.1, 0.15) is 0 Å². The van der Waals surface area contributed by atoms with Crippen LogP contribution in [0.5, 0.6) is 0 Å². The van der Waals surface area contributed by atoms with E-state index in [2.05, 4.69) is 16.9 Å². The molecule has 1 aliphatic heterocycles. The number of nitrogens with one attached hydrogen (secondary N) is 1. The molecule has 1 aliphatic rings. The van der Waals surface area contributed by atoms with E-state index < -0.39 is 23.3 Å². The Morgan fingerprint density at radius 1 is 1.56 bits per heavy atom. The number of amides is 3. The standard InChI is InChI=1S/C12H18N2O3.Na/c1-4-6-8(3)12(7-5-2)9(15)13-11(17)14-10(12)16;/h5,8H,2,4,6-7H2,1,3H3,(H2,13,14,15,16,17);/q;+1/p-1. The average molecular weight is 260 g/mol. The van der Waals surface area contributed by atoms with E-state index >= 15 is 0 Å². The minimum atomic E-state index is -1.26. The van der Waals surface area contributed by atoms with Crippen LogP contribution in [0.3, 0.4) is 0 Å². The van der Waals surface area contributed by atoms with Gasteiger partial charge in [0.15, 0.2) is 0 Å². The number of hydrogen-bond donors (Lipinski definition) is 1. The predicted octanol–water partition coefficient (Wildman–Crippen LogP) is -2.00. The quantitative estimate of drug-likeness (QED) is 0.458. The van der Waals surface area contributed by atoms with Crippen molar-refractivity contribution < 1.29 is 44.3 Å². The van der Waals surface area contributed by atoms with E-state index in [1.165, 1.54) is 6.08 Å². The molecule has 1 heterocycles. The van der Waals surface area contributed by atoms with Crippen LogP contribution in [0.2, 0.25) is 0 Å². The maximum absolute atomic E-state index is 12.0. The number of rotatable bonds is 5. The van der Waals surface area contributed by atoms with Gasteiger partial charge in [-0.3, -0.25) is 10.1 Å². The van der Waals surface area contributed by atoms with Gasteiger partial charge in [-0.25, -0.2) is 9.79 Å². The summed E-state index contributed by atoms with van der Waals surface area (Å²) in [7, 11) is 0. The first-order chi connectivity index (χ1) is 7.98. The molecule has 0 aliphatic carbocycles. The van der Waals surface area contributed by atoms with Crippen molar-refractivity contribution in [1.29, 1.82) is 0 Å². The van der Waals surface area contributed by atoms with Gasteiger partial charge < -0.3 is 5.11 Å². The van der Waals surface area contributed by atoms with Crippen molar-refractivity contribution in [3.8, 4) is 0 Å². The van der Waals surface area contributed by atoms with Crippen molar-refractivity contribution >= 4 is 17.8 Å². The summed E-state index contributed by atoms with van der Waals surface area (Å²) < 4.78 is 0. The molecule has 94 valence electrons. The van der Waals surface area contributed by atoms with Crippen LogP contribution in [0.1, 0.15) is 33.1 Å². The zero-order chi connectivity index (χ0) is 13.1. The van der Waals surface area contributed by atoms with Crippen molar-refractivity contribution in [3.05, 3.63) is 12.7 Å². The fraction of sp³-hybridized carbons (Fsp3) is 0.583. The molecule has 0 bridgehead atoms. The third-order valence-electron chi connectivity index (χ3n) is 3.24. The van der Waals surface area contributed by atoms with E-state index in [-0.39, 0.29) is 41.9 Å². The Bertz CT molecular complexity index is 382. The molecule has 0 aromatic rings. The number of allylic oxidation sites excluding steroid dienone is 1. The van der Waals surface area contributed by atoms with Crippen molar-refractivity contribution in [2.45, 2.75) is 33.1 Å². The molecule has 2 unspecified atom stereocenters. The third-order valence-corrected chi connectivity index (χ3v) is 3.24. The van der Waals surface area contributed by atoms with Gasteiger partial charge in [-0.15, -0.1) is 6.58 Å². The molecule has 1 rings (SSSR count). The third kappa shape index (κ3) is 3.02. The minimum Gasteiger partial charge on any atom is -0.861 e. The fourth-order valence-corrected chi connectivity index (χ4v) is 2.25.